The van der Waals surface area contributed by atoms with Crippen molar-refractivity contribution in [3.63, 3.8) is 0 Å². The van der Waals surface area contributed by atoms with Crippen LogP contribution in [0.15, 0.2) is 29.8 Å². The van der Waals surface area contributed by atoms with Gasteiger partial charge in [0.05, 0.1) is 0 Å². The molecule has 1 heterocycles. The SMILES string of the molecule is CCC(C)N(CC(=O)Nc1nccs1)C(=O)c1cc(Cl)cc(Cl)c1. The minimum atomic E-state index is -0.299. The molecule has 5 nitrogen and oxygen atoms in total. The van der Waals surface area contributed by atoms with E-state index in [-0.39, 0.29) is 24.4 Å². The monoisotopic (exact) mass is 385 g/mol. The van der Waals surface area contributed by atoms with Crippen LogP contribution in [0.3, 0.4) is 0 Å². The predicted octanol–water partition coefficient (Wildman–Crippen LogP) is 4.33. The number of carbonyl (C=O) groups excluding carboxylic acids is 2. The zero-order valence-corrected chi connectivity index (χ0v) is 15.6. The third-order valence-electron chi connectivity index (χ3n) is 3.49. The van der Waals surface area contributed by atoms with Gasteiger partial charge in [-0.3, -0.25) is 9.59 Å². The molecule has 2 amide bonds. The lowest BCUT2D eigenvalue weighted by Crippen LogP contribution is -2.43. The van der Waals surface area contributed by atoms with Gasteiger partial charge in [0.2, 0.25) is 5.91 Å². The Morgan fingerprint density at radius 1 is 1.29 bits per heavy atom. The fraction of sp³-hybridized carbons (Fsp3) is 0.312. The van der Waals surface area contributed by atoms with E-state index in [1.54, 1.807) is 29.8 Å². The number of nitrogens with one attached hydrogen (secondary N) is 1. The Morgan fingerprint density at radius 2 is 1.96 bits per heavy atom. The van der Waals surface area contributed by atoms with Crippen molar-refractivity contribution in [1.82, 2.24) is 9.88 Å². The summed E-state index contributed by atoms with van der Waals surface area (Å²) in [5.41, 5.74) is 0.356. The second-order valence-electron chi connectivity index (χ2n) is 5.23. The van der Waals surface area contributed by atoms with Crippen molar-refractivity contribution in [2.45, 2.75) is 26.3 Å². The second-order valence-corrected chi connectivity index (χ2v) is 7.00. The smallest absolute Gasteiger partial charge is 0.254 e. The van der Waals surface area contributed by atoms with E-state index in [4.69, 9.17) is 23.2 Å². The third kappa shape index (κ3) is 4.93. The zero-order chi connectivity index (χ0) is 17.7. The number of halogens is 2. The molecule has 0 saturated carbocycles. The van der Waals surface area contributed by atoms with Crippen LogP contribution in [0.4, 0.5) is 5.13 Å². The number of hydrogen-bond donors (Lipinski definition) is 1. The van der Waals surface area contributed by atoms with Crippen molar-refractivity contribution in [3.05, 3.63) is 45.4 Å². The summed E-state index contributed by atoms with van der Waals surface area (Å²) in [5, 5.41) is 5.70. The summed E-state index contributed by atoms with van der Waals surface area (Å²) in [6.45, 7) is 3.77. The van der Waals surface area contributed by atoms with E-state index in [1.165, 1.54) is 16.2 Å². The van der Waals surface area contributed by atoms with Crippen molar-refractivity contribution >= 4 is 51.5 Å². The topological polar surface area (TPSA) is 62.3 Å². The molecule has 1 aromatic carbocycles. The quantitative estimate of drug-likeness (QED) is 0.804. The van der Waals surface area contributed by atoms with Gasteiger partial charge in [0, 0.05) is 33.2 Å². The Bertz CT molecular complexity index is 702. The van der Waals surface area contributed by atoms with E-state index in [2.05, 4.69) is 10.3 Å². The van der Waals surface area contributed by atoms with Gasteiger partial charge in [-0.1, -0.05) is 30.1 Å². The number of aromatic nitrogens is 1. The fourth-order valence-corrected chi connectivity index (χ4v) is 3.16. The van der Waals surface area contributed by atoms with E-state index in [0.717, 1.165) is 0 Å². The van der Waals surface area contributed by atoms with E-state index in [0.29, 0.717) is 27.2 Å². The molecule has 0 aliphatic heterocycles. The summed E-state index contributed by atoms with van der Waals surface area (Å²) < 4.78 is 0. The maximum Gasteiger partial charge on any atom is 0.254 e. The molecule has 2 aromatic rings. The molecule has 2 rings (SSSR count). The van der Waals surface area contributed by atoms with Gasteiger partial charge >= 0.3 is 0 Å². The van der Waals surface area contributed by atoms with Gasteiger partial charge in [-0.25, -0.2) is 4.98 Å². The van der Waals surface area contributed by atoms with Crippen molar-refractivity contribution in [2.24, 2.45) is 0 Å². The first-order valence-electron chi connectivity index (χ1n) is 7.37. The first kappa shape index (κ1) is 18.7. The largest absolute Gasteiger partial charge is 0.327 e. The highest BCUT2D eigenvalue weighted by Gasteiger charge is 2.24. The van der Waals surface area contributed by atoms with Crippen LogP contribution >= 0.6 is 34.5 Å². The molecule has 0 spiro atoms. The highest BCUT2D eigenvalue weighted by atomic mass is 35.5. The van der Waals surface area contributed by atoms with Gasteiger partial charge in [-0.2, -0.15) is 0 Å². The molecular weight excluding hydrogens is 369 g/mol. The number of hydrogen-bond acceptors (Lipinski definition) is 4. The summed E-state index contributed by atoms with van der Waals surface area (Å²) in [7, 11) is 0. The molecule has 1 aromatic heterocycles. The van der Waals surface area contributed by atoms with Gasteiger partial charge < -0.3 is 10.2 Å². The van der Waals surface area contributed by atoms with Gasteiger partial charge in [-0.15, -0.1) is 11.3 Å². The van der Waals surface area contributed by atoms with Crippen molar-refractivity contribution in [2.75, 3.05) is 11.9 Å². The Kier molecular flexibility index (Phi) is 6.60. The average Bonchev–Trinajstić information content (AvgIpc) is 3.03. The van der Waals surface area contributed by atoms with Gasteiger partial charge in [-0.05, 0) is 31.5 Å². The van der Waals surface area contributed by atoms with Crippen LogP contribution in [0.25, 0.3) is 0 Å². The molecule has 0 fully saturated rings. The lowest BCUT2D eigenvalue weighted by Gasteiger charge is -2.28. The summed E-state index contributed by atoms with van der Waals surface area (Å²) in [5.74, 6) is -0.588. The van der Waals surface area contributed by atoms with Gasteiger partial charge in [0.25, 0.3) is 5.91 Å². The minimum absolute atomic E-state index is 0.0719. The molecule has 128 valence electrons. The Hall–Kier alpha value is -1.63. The molecule has 8 heteroatoms. The van der Waals surface area contributed by atoms with Crippen LogP contribution in [0.2, 0.25) is 10.0 Å². The number of benzene rings is 1. The first-order valence-corrected chi connectivity index (χ1v) is 9.00. The standard InChI is InChI=1S/C16H17Cl2N3O2S/c1-3-10(2)21(9-14(22)20-16-19-4-5-24-16)15(23)11-6-12(17)8-13(18)7-11/h4-8,10H,3,9H2,1-2H3,(H,19,20,22). The summed E-state index contributed by atoms with van der Waals surface area (Å²) >= 11 is 13.3. The lowest BCUT2D eigenvalue weighted by atomic mass is 10.1. The zero-order valence-electron chi connectivity index (χ0n) is 13.3. The van der Waals surface area contributed by atoms with Gasteiger partial charge in [0.1, 0.15) is 6.54 Å². The first-order chi connectivity index (χ1) is 11.4. The Morgan fingerprint density at radius 3 is 2.50 bits per heavy atom. The molecule has 1 atom stereocenters. The van der Waals surface area contributed by atoms with Crippen molar-refractivity contribution in [3.8, 4) is 0 Å². The third-order valence-corrected chi connectivity index (χ3v) is 4.61. The van der Waals surface area contributed by atoms with Crippen molar-refractivity contribution in [1.29, 1.82) is 0 Å². The van der Waals surface area contributed by atoms with E-state index in [1.807, 2.05) is 13.8 Å². The van der Waals surface area contributed by atoms with Crippen LogP contribution in [-0.4, -0.2) is 34.3 Å². The number of nitrogens with zero attached hydrogens (tertiary/aromatic N) is 2. The molecule has 0 bridgehead atoms. The maximum atomic E-state index is 12.8. The second kappa shape index (κ2) is 8.46. The van der Waals surface area contributed by atoms with Crippen molar-refractivity contribution < 1.29 is 9.59 Å². The Labute approximate surface area is 154 Å². The summed E-state index contributed by atoms with van der Waals surface area (Å²) in [4.78, 5) is 30.5. The average molecular weight is 386 g/mol. The van der Waals surface area contributed by atoms with Gasteiger partial charge in [0.15, 0.2) is 5.13 Å². The molecular formula is C16H17Cl2N3O2S. The number of carbonyl (C=O) groups is 2. The number of amides is 2. The molecule has 1 N–H and O–H groups in total. The normalized spacial score (nSPS) is 11.8. The molecule has 24 heavy (non-hydrogen) atoms. The van der Waals surface area contributed by atoms with E-state index < -0.39 is 0 Å². The van der Waals surface area contributed by atoms with E-state index >= 15 is 0 Å². The molecule has 0 radical (unpaired) electrons. The molecule has 0 saturated heterocycles. The maximum absolute atomic E-state index is 12.8. The van der Waals surface area contributed by atoms with E-state index in [9.17, 15) is 9.59 Å². The minimum Gasteiger partial charge on any atom is -0.327 e. The molecule has 1 unspecified atom stereocenters. The summed E-state index contributed by atoms with van der Waals surface area (Å²) in [6, 6.07) is 4.54. The fourth-order valence-electron chi connectivity index (χ4n) is 2.09. The number of rotatable bonds is 6. The molecule has 0 aliphatic rings. The predicted molar refractivity (Wildman–Crippen MR) is 98.0 cm³/mol. The lowest BCUT2D eigenvalue weighted by molar-refractivity contribution is -0.117. The van der Waals surface area contributed by atoms with Crippen LogP contribution in [-0.2, 0) is 4.79 Å². The molecule has 0 aliphatic carbocycles. The van der Waals surface area contributed by atoms with Crippen LogP contribution in [0, 0.1) is 0 Å². The highest BCUT2D eigenvalue weighted by molar-refractivity contribution is 7.13. The van der Waals surface area contributed by atoms with Crippen LogP contribution in [0.1, 0.15) is 30.6 Å². The highest BCUT2D eigenvalue weighted by Crippen LogP contribution is 2.21. The number of anilines is 1. The van der Waals surface area contributed by atoms with Crippen LogP contribution < -0.4 is 5.32 Å². The van der Waals surface area contributed by atoms with Crippen LogP contribution in [0.5, 0.6) is 0 Å². The summed E-state index contributed by atoms with van der Waals surface area (Å²) in [6.07, 6.45) is 2.32. The Balaban J connectivity index is 2.17. The number of thiazole rings is 1.